The SMILES string of the molecule is Cc1ccc2nc(-c3cccc(I)c3)oc2c1C. The fraction of sp³-hybridized carbons (Fsp3) is 0.133. The number of hydrogen-bond donors (Lipinski definition) is 0. The standard InChI is InChI=1S/C15H12INO/c1-9-6-7-13-14(10(9)2)18-15(17-13)11-4-3-5-12(16)8-11/h3-8H,1-2H3. The summed E-state index contributed by atoms with van der Waals surface area (Å²) in [7, 11) is 0. The topological polar surface area (TPSA) is 26.0 Å². The highest BCUT2D eigenvalue weighted by Gasteiger charge is 2.11. The van der Waals surface area contributed by atoms with Gasteiger partial charge < -0.3 is 4.42 Å². The summed E-state index contributed by atoms with van der Waals surface area (Å²) in [6, 6.07) is 12.3. The molecule has 0 saturated carbocycles. The fourth-order valence-electron chi connectivity index (χ4n) is 1.97. The third-order valence-corrected chi connectivity index (χ3v) is 3.82. The van der Waals surface area contributed by atoms with Gasteiger partial charge in [0.15, 0.2) is 5.58 Å². The molecule has 2 nitrogen and oxygen atoms in total. The first-order chi connectivity index (χ1) is 8.65. The number of hydrogen-bond acceptors (Lipinski definition) is 2. The highest BCUT2D eigenvalue weighted by Crippen LogP contribution is 2.28. The lowest BCUT2D eigenvalue weighted by molar-refractivity contribution is 0.617. The van der Waals surface area contributed by atoms with Crippen molar-refractivity contribution in [1.82, 2.24) is 4.98 Å². The predicted molar refractivity (Wildman–Crippen MR) is 81.6 cm³/mol. The van der Waals surface area contributed by atoms with Gasteiger partial charge in [-0.1, -0.05) is 12.1 Å². The molecule has 0 amide bonds. The van der Waals surface area contributed by atoms with Gasteiger partial charge in [0.05, 0.1) is 0 Å². The second-order valence-corrected chi connectivity index (χ2v) is 5.63. The average Bonchev–Trinajstić information content (AvgIpc) is 2.79. The van der Waals surface area contributed by atoms with Crippen LogP contribution in [0.4, 0.5) is 0 Å². The molecule has 2 aromatic carbocycles. The van der Waals surface area contributed by atoms with E-state index in [0.29, 0.717) is 5.89 Å². The van der Waals surface area contributed by atoms with Crippen molar-refractivity contribution in [2.75, 3.05) is 0 Å². The maximum absolute atomic E-state index is 5.91. The molecular formula is C15H12INO. The number of oxazole rings is 1. The van der Waals surface area contributed by atoms with Crippen molar-refractivity contribution in [1.29, 1.82) is 0 Å². The molecule has 0 N–H and O–H groups in total. The van der Waals surface area contributed by atoms with Gasteiger partial charge in [0.1, 0.15) is 5.52 Å². The molecule has 1 aromatic heterocycles. The maximum Gasteiger partial charge on any atom is 0.227 e. The van der Waals surface area contributed by atoms with E-state index in [1.807, 2.05) is 18.2 Å². The second-order valence-electron chi connectivity index (χ2n) is 4.39. The fourth-order valence-corrected chi connectivity index (χ4v) is 2.51. The van der Waals surface area contributed by atoms with E-state index >= 15 is 0 Å². The zero-order valence-electron chi connectivity index (χ0n) is 10.2. The van der Waals surface area contributed by atoms with Gasteiger partial charge in [0.2, 0.25) is 5.89 Å². The Kier molecular flexibility index (Phi) is 2.86. The highest BCUT2D eigenvalue weighted by molar-refractivity contribution is 14.1. The van der Waals surface area contributed by atoms with Gasteiger partial charge in [-0.05, 0) is 71.8 Å². The Morgan fingerprint density at radius 2 is 1.94 bits per heavy atom. The molecule has 1 heterocycles. The highest BCUT2D eigenvalue weighted by atomic mass is 127. The van der Waals surface area contributed by atoms with Gasteiger partial charge in [-0.3, -0.25) is 0 Å². The van der Waals surface area contributed by atoms with Crippen LogP contribution >= 0.6 is 22.6 Å². The molecule has 0 aliphatic carbocycles. The lowest BCUT2D eigenvalue weighted by Gasteiger charge is -1.97. The van der Waals surface area contributed by atoms with Crippen LogP contribution in [-0.4, -0.2) is 4.98 Å². The molecule has 0 bridgehead atoms. The zero-order valence-corrected chi connectivity index (χ0v) is 12.4. The van der Waals surface area contributed by atoms with Gasteiger partial charge in [-0.25, -0.2) is 4.98 Å². The minimum absolute atomic E-state index is 0.692. The van der Waals surface area contributed by atoms with Gasteiger partial charge in [0, 0.05) is 9.13 Å². The third-order valence-electron chi connectivity index (χ3n) is 3.15. The summed E-state index contributed by atoms with van der Waals surface area (Å²) in [6.07, 6.45) is 0. The zero-order chi connectivity index (χ0) is 12.7. The van der Waals surface area contributed by atoms with Crippen LogP contribution in [0.1, 0.15) is 11.1 Å². The van der Waals surface area contributed by atoms with E-state index in [0.717, 1.165) is 22.2 Å². The van der Waals surface area contributed by atoms with Gasteiger partial charge in [-0.15, -0.1) is 0 Å². The molecule has 0 spiro atoms. The third kappa shape index (κ3) is 1.92. The van der Waals surface area contributed by atoms with Crippen molar-refractivity contribution in [2.24, 2.45) is 0 Å². The van der Waals surface area contributed by atoms with Gasteiger partial charge in [-0.2, -0.15) is 0 Å². The van der Waals surface area contributed by atoms with Crippen LogP contribution in [0.15, 0.2) is 40.8 Å². The number of aromatic nitrogens is 1. The van der Waals surface area contributed by atoms with E-state index in [4.69, 9.17) is 4.42 Å². The molecule has 0 aliphatic heterocycles. The first-order valence-electron chi connectivity index (χ1n) is 5.78. The molecule has 3 rings (SSSR count). The molecule has 3 aromatic rings. The van der Waals surface area contributed by atoms with E-state index in [-0.39, 0.29) is 0 Å². The van der Waals surface area contributed by atoms with E-state index in [1.165, 1.54) is 9.13 Å². The summed E-state index contributed by atoms with van der Waals surface area (Å²) < 4.78 is 7.09. The van der Waals surface area contributed by atoms with Crippen LogP contribution in [0.3, 0.4) is 0 Å². The largest absolute Gasteiger partial charge is 0.436 e. The van der Waals surface area contributed by atoms with Crippen molar-refractivity contribution in [3.05, 3.63) is 51.1 Å². The summed E-state index contributed by atoms with van der Waals surface area (Å²) in [4.78, 5) is 4.56. The lowest BCUT2D eigenvalue weighted by atomic mass is 10.1. The quantitative estimate of drug-likeness (QED) is 0.595. The Bertz CT molecular complexity index is 730. The minimum Gasteiger partial charge on any atom is -0.436 e. The summed E-state index contributed by atoms with van der Waals surface area (Å²) in [5.74, 6) is 0.692. The number of aryl methyl sites for hydroxylation is 2. The predicted octanol–water partition coefficient (Wildman–Crippen LogP) is 4.72. The Labute approximate surface area is 119 Å². The molecule has 3 heteroatoms. The summed E-state index contributed by atoms with van der Waals surface area (Å²) >= 11 is 2.29. The molecule has 90 valence electrons. The van der Waals surface area contributed by atoms with E-state index in [1.54, 1.807) is 0 Å². The Morgan fingerprint density at radius 3 is 2.72 bits per heavy atom. The van der Waals surface area contributed by atoms with Crippen LogP contribution in [0.5, 0.6) is 0 Å². The van der Waals surface area contributed by atoms with Crippen LogP contribution in [0, 0.1) is 17.4 Å². The van der Waals surface area contributed by atoms with Crippen molar-refractivity contribution < 1.29 is 4.42 Å². The molecule has 0 aliphatic rings. The maximum atomic E-state index is 5.91. The van der Waals surface area contributed by atoms with Gasteiger partial charge in [0.25, 0.3) is 0 Å². The van der Waals surface area contributed by atoms with Gasteiger partial charge >= 0.3 is 0 Å². The number of nitrogens with zero attached hydrogens (tertiary/aromatic N) is 1. The second kappa shape index (κ2) is 4.39. The smallest absolute Gasteiger partial charge is 0.227 e. The molecule has 18 heavy (non-hydrogen) atoms. The average molecular weight is 349 g/mol. The van der Waals surface area contributed by atoms with Crippen molar-refractivity contribution in [2.45, 2.75) is 13.8 Å². The summed E-state index contributed by atoms with van der Waals surface area (Å²) in [5.41, 5.74) is 5.23. The monoisotopic (exact) mass is 349 g/mol. The van der Waals surface area contributed by atoms with Crippen LogP contribution < -0.4 is 0 Å². The van der Waals surface area contributed by atoms with Crippen molar-refractivity contribution in [3.8, 4) is 11.5 Å². The van der Waals surface area contributed by atoms with Crippen molar-refractivity contribution >= 4 is 33.7 Å². The Balaban J connectivity index is 2.23. The van der Waals surface area contributed by atoms with Crippen LogP contribution in [-0.2, 0) is 0 Å². The first kappa shape index (κ1) is 11.7. The number of benzene rings is 2. The van der Waals surface area contributed by atoms with E-state index in [2.05, 4.69) is 59.6 Å². The molecule has 0 fully saturated rings. The van der Waals surface area contributed by atoms with E-state index < -0.39 is 0 Å². The molecule has 0 unspecified atom stereocenters. The Hall–Kier alpha value is -1.36. The van der Waals surface area contributed by atoms with Crippen molar-refractivity contribution in [3.63, 3.8) is 0 Å². The van der Waals surface area contributed by atoms with Crippen LogP contribution in [0.2, 0.25) is 0 Å². The Morgan fingerprint density at radius 1 is 1.11 bits per heavy atom. The number of halogens is 1. The number of rotatable bonds is 1. The number of fused-ring (bicyclic) bond motifs is 1. The molecule has 0 saturated heterocycles. The van der Waals surface area contributed by atoms with E-state index in [9.17, 15) is 0 Å². The minimum atomic E-state index is 0.692. The lowest BCUT2D eigenvalue weighted by Crippen LogP contribution is -1.80. The van der Waals surface area contributed by atoms with Crippen LogP contribution in [0.25, 0.3) is 22.6 Å². The molecular weight excluding hydrogens is 337 g/mol. The summed E-state index contributed by atoms with van der Waals surface area (Å²) in [5, 5.41) is 0. The normalized spacial score (nSPS) is 11.1. The molecule has 0 radical (unpaired) electrons. The molecule has 0 atom stereocenters. The first-order valence-corrected chi connectivity index (χ1v) is 6.86. The summed E-state index contributed by atoms with van der Waals surface area (Å²) in [6.45, 7) is 4.16.